The third-order valence-electron chi connectivity index (χ3n) is 6.52. The first kappa shape index (κ1) is 14.2. The first-order valence-corrected chi connectivity index (χ1v) is 8.12. The SMILES string of the molecule is C[C@]12CC[C@@H]3c4ccc(O)c(F)c4CC[C@H]3[C@@H]1C[C@@H](F)C2=O. The Balaban J connectivity index is 1.75. The van der Waals surface area contributed by atoms with Crippen molar-refractivity contribution in [3.63, 3.8) is 0 Å². The predicted molar refractivity (Wildman–Crippen MR) is 78.0 cm³/mol. The summed E-state index contributed by atoms with van der Waals surface area (Å²) in [6.45, 7) is 1.92. The number of phenolic OH excluding ortho intramolecular Hbond substituents is 1. The number of fused-ring (bicyclic) bond motifs is 5. The zero-order chi connectivity index (χ0) is 15.6. The smallest absolute Gasteiger partial charge is 0.173 e. The molecule has 3 aliphatic rings. The van der Waals surface area contributed by atoms with Crippen LogP contribution in [0.25, 0.3) is 0 Å². The fourth-order valence-corrected chi connectivity index (χ4v) is 5.36. The van der Waals surface area contributed by atoms with Gasteiger partial charge in [-0.05, 0) is 67.1 Å². The summed E-state index contributed by atoms with van der Waals surface area (Å²) in [4.78, 5) is 12.2. The average molecular weight is 306 g/mol. The van der Waals surface area contributed by atoms with E-state index < -0.39 is 17.4 Å². The first-order chi connectivity index (χ1) is 10.4. The van der Waals surface area contributed by atoms with Gasteiger partial charge < -0.3 is 5.11 Å². The second-order valence-corrected chi connectivity index (χ2v) is 7.41. The van der Waals surface area contributed by atoms with E-state index in [0.29, 0.717) is 24.8 Å². The quantitative estimate of drug-likeness (QED) is 0.789. The lowest BCUT2D eigenvalue weighted by atomic mass is 9.55. The molecule has 3 aliphatic carbocycles. The zero-order valence-electron chi connectivity index (χ0n) is 12.6. The molecule has 0 aromatic heterocycles. The minimum absolute atomic E-state index is 0.0683. The molecule has 0 bridgehead atoms. The molecule has 0 saturated heterocycles. The standard InChI is InChI=1S/C18H20F2O2/c1-18-7-6-10-9-4-5-15(21)16(20)12(9)3-2-11(10)13(18)8-14(19)17(18)22/h4-5,10-11,13-14,21H,2-3,6-8H2,1H3/t10-,11-,13+,14-,18+/m1/s1. The van der Waals surface area contributed by atoms with Gasteiger partial charge in [-0.3, -0.25) is 4.79 Å². The van der Waals surface area contributed by atoms with Crippen LogP contribution in [0.2, 0.25) is 0 Å². The topological polar surface area (TPSA) is 37.3 Å². The Kier molecular flexibility index (Phi) is 2.91. The highest BCUT2D eigenvalue weighted by molar-refractivity contribution is 5.91. The molecule has 1 aromatic carbocycles. The van der Waals surface area contributed by atoms with E-state index in [1.807, 2.05) is 13.0 Å². The van der Waals surface area contributed by atoms with Crippen LogP contribution >= 0.6 is 0 Å². The molecule has 118 valence electrons. The van der Waals surface area contributed by atoms with E-state index in [1.54, 1.807) is 0 Å². The first-order valence-electron chi connectivity index (χ1n) is 8.12. The van der Waals surface area contributed by atoms with Gasteiger partial charge in [0.1, 0.15) is 0 Å². The highest BCUT2D eigenvalue weighted by atomic mass is 19.1. The maximum atomic E-state index is 14.1. The van der Waals surface area contributed by atoms with Crippen molar-refractivity contribution >= 4 is 5.78 Å². The number of Topliss-reactive ketones (excluding diaryl/α,β-unsaturated/α-hetero) is 1. The van der Waals surface area contributed by atoms with Crippen LogP contribution < -0.4 is 0 Å². The maximum Gasteiger partial charge on any atom is 0.173 e. The van der Waals surface area contributed by atoms with Crippen LogP contribution in [0.5, 0.6) is 5.75 Å². The van der Waals surface area contributed by atoms with Crippen molar-refractivity contribution in [2.24, 2.45) is 17.3 Å². The summed E-state index contributed by atoms with van der Waals surface area (Å²) in [7, 11) is 0. The molecule has 4 heteroatoms. The van der Waals surface area contributed by atoms with Crippen molar-refractivity contribution in [2.75, 3.05) is 0 Å². The van der Waals surface area contributed by atoms with E-state index in [0.717, 1.165) is 18.4 Å². The number of hydrogen-bond donors (Lipinski definition) is 1. The molecule has 0 heterocycles. The van der Waals surface area contributed by atoms with E-state index in [-0.39, 0.29) is 29.3 Å². The average Bonchev–Trinajstić information content (AvgIpc) is 2.74. The van der Waals surface area contributed by atoms with Crippen LogP contribution in [0.4, 0.5) is 8.78 Å². The molecule has 0 radical (unpaired) electrons. The summed E-state index contributed by atoms with van der Waals surface area (Å²) < 4.78 is 28.1. The number of phenols is 1. The third kappa shape index (κ3) is 1.67. The molecule has 0 spiro atoms. The van der Waals surface area contributed by atoms with E-state index in [2.05, 4.69) is 0 Å². The molecule has 5 atom stereocenters. The number of carbonyl (C=O) groups excluding carboxylic acids is 1. The molecule has 0 unspecified atom stereocenters. The third-order valence-corrected chi connectivity index (χ3v) is 6.52. The largest absolute Gasteiger partial charge is 0.505 e. The van der Waals surface area contributed by atoms with Crippen molar-refractivity contribution in [1.82, 2.24) is 0 Å². The Morgan fingerprint density at radius 2 is 2.09 bits per heavy atom. The van der Waals surface area contributed by atoms with Gasteiger partial charge in [0.15, 0.2) is 23.5 Å². The van der Waals surface area contributed by atoms with Gasteiger partial charge in [-0.15, -0.1) is 0 Å². The van der Waals surface area contributed by atoms with Crippen LogP contribution in [0, 0.1) is 23.1 Å². The normalized spacial score (nSPS) is 40.0. The zero-order valence-corrected chi connectivity index (χ0v) is 12.6. The minimum Gasteiger partial charge on any atom is -0.505 e. The Hall–Kier alpha value is -1.45. The summed E-state index contributed by atoms with van der Waals surface area (Å²) in [5.74, 6) is -0.514. The number of hydrogen-bond acceptors (Lipinski definition) is 2. The Morgan fingerprint density at radius 1 is 1.32 bits per heavy atom. The van der Waals surface area contributed by atoms with Crippen LogP contribution in [-0.2, 0) is 11.2 Å². The second kappa shape index (κ2) is 4.53. The van der Waals surface area contributed by atoms with Crippen LogP contribution in [-0.4, -0.2) is 17.1 Å². The Morgan fingerprint density at radius 3 is 2.86 bits per heavy atom. The van der Waals surface area contributed by atoms with Gasteiger partial charge in [0, 0.05) is 5.41 Å². The molecule has 2 saturated carbocycles. The molecule has 22 heavy (non-hydrogen) atoms. The van der Waals surface area contributed by atoms with Crippen LogP contribution in [0.3, 0.4) is 0 Å². The summed E-state index contributed by atoms with van der Waals surface area (Å²) in [5, 5.41) is 9.56. The molecule has 2 fully saturated rings. The highest BCUT2D eigenvalue weighted by Gasteiger charge is 2.58. The van der Waals surface area contributed by atoms with Gasteiger partial charge >= 0.3 is 0 Å². The van der Waals surface area contributed by atoms with Gasteiger partial charge in [-0.2, -0.15) is 0 Å². The molecule has 1 aromatic rings. The van der Waals surface area contributed by atoms with E-state index in [1.165, 1.54) is 6.07 Å². The monoisotopic (exact) mass is 306 g/mol. The molecular formula is C18H20F2O2. The van der Waals surface area contributed by atoms with E-state index >= 15 is 0 Å². The number of aromatic hydroxyl groups is 1. The summed E-state index contributed by atoms with van der Waals surface area (Å²) in [6, 6.07) is 3.24. The summed E-state index contributed by atoms with van der Waals surface area (Å²) in [6.07, 6.45) is 1.82. The van der Waals surface area contributed by atoms with Gasteiger partial charge in [-0.1, -0.05) is 13.0 Å². The van der Waals surface area contributed by atoms with E-state index in [4.69, 9.17) is 0 Å². The van der Waals surface area contributed by atoms with Crippen molar-refractivity contribution in [2.45, 2.75) is 51.1 Å². The number of halogens is 2. The number of rotatable bonds is 0. The van der Waals surface area contributed by atoms with Crippen LogP contribution in [0.1, 0.15) is 49.7 Å². The highest BCUT2D eigenvalue weighted by Crippen LogP contribution is 2.60. The van der Waals surface area contributed by atoms with Crippen molar-refractivity contribution in [3.05, 3.63) is 29.1 Å². The summed E-state index contributed by atoms with van der Waals surface area (Å²) in [5.41, 5.74) is 1.04. The van der Waals surface area contributed by atoms with Crippen molar-refractivity contribution < 1.29 is 18.7 Å². The van der Waals surface area contributed by atoms with Crippen molar-refractivity contribution in [1.29, 1.82) is 0 Å². The van der Waals surface area contributed by atoms with Gasteiger partial charge in [0.2, 0.25) is 0 Å². The molecule has 0 aliphatic heterocycles. The lowest BCUT2D eigenvalue weighted by molar-refractivity contribution is -0.132. The molecular weight excluding hydrogens is 286 g/mol. The second-order valence-electron chi connectivity index (χ2n) is 7.41. The summed E-state index contributed by atoms with van der Waals surface area (Å²) >= 11 is 0. The molecule has 4 rings (SSSR count). The van der Waals surface area contributed by atoms with Crippen molar-refractivity contribution in [3.8, 4) is 5.75 Å². The number of carbonyl (C=O) groups is 1. The Labute approximate surface area is 128 Å². The van der Waals surface area contributed by atoms with Gasteiger partial charge in [0.25, 0.3) is 0 Å². The number of ketones is 1. The fraction of sp³-hybridized carbons (Fsp3) is 0.611. The molecule has 1 N–H and O–H groups in total. The fourth-order valence-electron chi connectivity index (χ4n) is 5.36. The van der Waals surface area contributed by atoms with Gasteiger partial charge in [-0.25, -0.2) is 8.78 Å². The number of benzene rings is 1. The Bertz CT molecular complexity index is 657. The van der Waals surface area contributed by atoms with Crippen LogP contribution in [0.15, 0.2) is 12.1 Å². The lowest BCUT2D eigenvalue weighted by Gasteiger charge is -2.48. The maximum absolute atomic E-state index is 14.1. The van der Waals surface area contributed by atoms with E-state index in [9.17, 15) is 18.7 Å². The lowest BCUT2D eigenvalue weighted by Crippen LogP contribution is -2.42. The van der Waals surface area contributed by atoms with Gasteiger partial charge in [0.05, 0.1) is 0 Å². The minimum atomic E-state index is -1.33. The molecule has 2 nitrogen and oxygen atoms in total. The molecule has 0 amide bonds. The number of alkyl halides is 1. The predicted octanol–water partition coefficient (Wildman–Crippen LogP) is 3.90.